The predicted octanol–water partition coefficient (Wildman–Crippen LogP) is 2.35. The maximum absolute atomic E-state index is 5.98. The number of fused-ring (bicyclic) bond motifs is 1. The third kappa shape index (κ3) is 1.51. The first-order valence-corrected chi connectivity index (χ1v) is 4.66. The van der Waals surface area contributed by atoms with Crippen molar-refractivity contribution in [3.8, 4) is 0 Å². The van der Waals surface area contributed by atoms with Crippen molar-refractivity contribution in [2.45, 2.75) is 0 Å². The molecule has 3 nitrogen and oxygen atoms in total. The van der Waals surface area contributed by atoms with Gasteiger partial charge in [0.15, 0.2) is 11.0 Å². The molecule has 1 aromatic heterocycles. The van der Waals surface area contributed by atoms with Crippen LogP contribution in [-0.4, -0.2) is 24.1 Å². The normalized spacial score (nSPS) is 10.5. The standard InChI is InChI=1S/C10H10ClN3/c1-14(2)10-9(11)12-7-5-3-4-6-8(7)13-10/h3-6H,1-2H3. The van der Waals surface area contributed by atoms with E-state index in [0.29, 0.717) is 11.0 Å². The van der Waals surface area contributed by atoms with Gasteiger partial charge in [0.05, 0.1) is 11.0 Å². The van der Waals surface area contributed by atoms with Crippen molar-refractivity contribution in [2.24, 2.45) is 0 Å². The first-order valence-electron chi connectivity index (χ1n) is 4.28. The van der Waals surface area contributed by atoms with Gasteiger partial charge in [-0.3, -0.25) is 0 Å². The van der Waals surface area contributed by atoms with E-state index in [2.05, 4.69) is 9.97 Å². The molecule has 0 bridgehead atoms. The van der Waals surface area contributed by atoms with Crippen molar-refractivity contribution in [3.63, 3.8) is 0 Å². The molecule has 0 unspecified atom stereocenters. The molecule has 0 saturated heterocycles. The number of rotatable bonds is 1. The molecular weight excluding hydrogens is 198 g/mol. The highest BCUT2D eigenvalue weighted by Gasteiger charge is 2.07. The van der Waals surface area contributed by atoms with Gasteiger partial charge in [-0.2, -0.15) is 0 Å². The Balaban J connectivity index is 2.71. The fourth-order valence-electron chi connectivity index (χ4n) is 1.25. The van der Waals surface area contributed by atoms with Crippen LogP contribution < -0.4 is 4.90 Å². The van der Waals surface area contributed by atoms with Crippen molar-refractivity contribution in [1.82, 2.24) is 9.97 Å². The minimum Gasteiger partial charge on any atom is -0.360 e. The van der Waals surface area contributed by atoms with Gasteiger partial charge in [-0.25, -0.2) is 9.97 Å². The second kappa shape index (κ2) is 3.42. The van der Waals surface area contributed by atoms with Gasteiger partial charge in [0.2, 0.25) is 0 Å². The van der Waals surface area contributed by atoms with Crippen molar-refractivity contribution in [2.75, 3.05) is 19.0 Å². The summed E-state index contributed by atoms with van der Waals surface area (Å²) in [5, 5.41) is 0.439. The van der Waals surface area contributed by atoms with E-state index in [-0.39, 0.29) is 0 Å². The summed E-state index contributed by atoms with van der Waals surface area (Å²) in [7, 11) is 3.79. The van der Waals surface area contributed by atoms with Gasteiger partial charge in [-0.15, -0.1) is 0 Å². The Bertz CT molecular complexity index is 468. The molecule has 0 aliphatic rings. The summed E-state index contributed by atoms with van der Waals surface area (Å²) in [5.74, 6) is 0.699. The number of aromatic nitrogens is 2. The van der Waals surface area contributed by atoms with Crippen molar-refractivity contribution < 1.29 is 0 Å². The average molecular weight is 208 g/mol. The fraction of sp³-hybridized carbons (Fsp3) is 0.200. The lowest BCUT2D eigenvalue weighted by Gasteiger charge is -2.12. The Morgan fingerprint density at radius 1 is 1.07 bits per heavy atom. The number of para-hydroxylation sites is 2. The van der Waals surface area contributed by atoms with Crippen LogP contribution in [0.4, 0.5) is 5.82 Å². The maximum atomic E-state index is 5.98. The van der Waals surface area contributed by atoms with Crippen LogP contribution in [0.1, 0.15) is 0 Å². The van der Waals surface area contributed by atoms with Crippen LogP contribution in [0.15, 0.2) is 24.3 Å². The summed E-state index contributed by atoms with van der Waals surface area (Å²) in [5.41, 5.74) is 1.68. The van der Waals surface area contributed by atoms with E-state index in [4.69, 9.17) is 11.6 Å². The fourth-order valence-corrected chi connectivity index (χ4v) is 1.56. The topological polar surface area (TPSA) is 29.0 Å². The largest absolute Gasteiger partial charge is 0.360 e. The molecule has 2 aromatic rings. The lowest BCUT2D eigenvalue weighted by molar-refractivity contribution is 1.06. The van der Waals surface area contributed by atoms with Crippen LogP contribution in [0.25, 0.3) is 11.0 Å². The number of benzene rings is 1. The first kappa shape index (κ1) is 9.21. The van der Waals surface area contributed by atoms with Gasteiger partial charge in [0.1, 0.15) is 0 Å². The monoisotopic (exact) mass is 207 g/mol. The van der Waals surface area contributed by atoms with E-state index in [9.17, 15) is 0 Å². The van der Waals surface area contributed by atoms with Crippen LogP contribution >= 0.6 is 11.6 Å². The number of halogens is 1. The highest BCUT2D eigenvalue weighted by molar-refractivity contribution is 6.32. The molecular formula is C10H10ClN3. The van der Waals surface area contributed by atoms with Gasteiger partial charge in [-0.05, 0) is 12.1 Å². The second-order valence-corrected chi connectivity index (χ2v) is 3.58. The summed E-state index contributed by atoms with van der Waals surface area (Å²) >= 11 is 5.98. The third-order valence-electron chi connectivity index (χ3n) is 1.93. The van der Waals surface area contributed by atoms with Gasteiger partial charge in [0.25, 0.3) is 0 Å². The molecule has 0 aliphatic carbocycles. The van der Waals surface area contributed by atoms with Crippen molar-refractivity contribution in [1.29, 1.82) is 0 Å². The number of anilines is 1. The molecule has 72 valence electrons. The van der Waals surface area contributed by atoms with Crippen LogP contribution in [0.3, 0.4) is 0 Å². The van der Waals surface area contributed by atoms with Crippen molar-refractivity contribution in [3.05, 3.63) is 29.4 Å². The first-order chi connectivity index (χ1) is 6.68. The average Bonchev–Trinajstić information content (AvgIpc) is 2.16. The van der Waals surface area contributed by atoms with Gasteiger partial charge in [0, 0.05) is 14.1 Å². The summed E-state index contributed by atoms with van der Waals surface area (Å²) in [6.45, 7) is 0. The molecule has 0 spiro atoms. The number of hydrogen-bond donors (Lipinski definition) is 0. The summed E-state index contributed by atoms with van der Waals surface area (Å²) in [6, 6.07) is 7.67. The van der Waals surface area contributed by atoms with E-state index in [1.165, 1.54) is 0 Å². The Kier molecular flexibility index (Phi) is 2.25. The second-order valence-electron chi connectivity index (χ2n) is 3.22. The highest BCUT2D eigenvalue weighted by atomic mass is 35.5. The minimum atomic E-state index is 0.439. The van der Waals surface area contributed by atoms with E-state index in [1.807, 2.05) is 43.3 Å². The zero-order valence-electron chi connectivity index (χ0n) is 8.03. The van der Waals surface area contributed by atoms with E-state index >= 15 is 0 Å². The Morgan fingerprint density at radius 2 is 1.64 bits per heavy atom. The minimum absolute atomic E-state index is 0.439. The summed E-state index contributed by atoms with van der Waals surface area (Å²) in [6.07, 6.45) is 0. The molecule has 14 heavy (non-hydrogen) atoms. The molecule has 0 aliphatic heterocycles. The molecule has 1 heterocycles. The highest BCUT2D eigenvalue weighted by Crippen LogP contribution is 2.22. The van der Waals surface area contributed by atoms with Gasteiger partial charge >= 0.3 is 0 Å². The van der Waals surface area contributed by atoms with Crippen LogP contribution in [0.2, 0.25) is 5.15 Å². The zero-order valence-corrected chi connectivity index (χ0v) is 8.78. The number of nitrogens with zero attached hydrogens (tertiary/aromatic N) is 3. The van der Waals surface area contributed by atoms with E-state index < -0.39 is 0 Å². The van der Waals surface area contributed by atoms with E-state index in [1.54, 1.807) is 0 Å². The SMILES string of the molecule is CN(C)c1nc2ccccc2nc1Cl. The molecule has 0 radical (unpaired) electrons. The van der Waals surface area contributed by atoms with Gasteiger partial charge in [-0.1, -0.05) is 23.7 Å². The molecule has 4 heteroatoms. The van der Waals surface area contributed by atoms with Crippen molar-refractivity contribution >= 4 is 28.5 Å². The predicted molar refractivity (Wildman–Crippen MR) is 58.9 cm³/mol. The molecule has 0 N–H and O–H groups in total. The van der Waals surface area contributed by atoms with Gasteiger partial charge < -0.3 is 4.90 Å². The van der Waals surface area contributed by atoms with E-state index in [0.717, 1.165) is 11.0 Å². The molecule has 0 fully saturated rings. The zero-order chi connectivity index (χ0) is 10.1. The molecule has 0 saturated carbocycles. The Morgan fingerprint density at radius 3 is 2.21 bits per heavy atom. The smallest absolute Gasteiger partial charge is 0.172 e. The maximum Gasteiger partial charge on any atom is 0.172 e. The molecule has 0 atom stereocenters. The Labute approximate surface area is 87.3 Å². The lowest BCUT2D eigenvalue weighted by atomic mass is 10.3. The third-order valence-corrected chi connectivity index (χ3v) is 2.19. The van der Waals surface area contributed by atoms with Crippen LogP contribution in [0.5, 0.6) is 0 Å². The molecule has 2 rings (SSSR count). The van der Waals surface area contributed by atoms with Crippen LogP contribution in [0, 0.1) is 0 Å². The summed E-state index contributed by atoms with van der Waals surface area (Å²) in [4.78, 5) is 10.5. The Hall–Kier alpha value is -1.35. The lowest BCUT2D eigenvalue weighted by Crippen LogP contribution is -2.11. The number of hydrogen-bond acceptors (Lipinski definition) is 3. The molecule has 1 aromatic carbocycles. The van der Waals surface area contributed by atoms with Crippen LogP contribution in [-0.2, 0) is 0 Å². The summed E-state index contributed by atoms with van der Waals surface area (Å²) < 4.78 is 0. The molecule has 0 amide bonds. The quantitative estimate of drug-likeness (QED) is 0.719.